The Morgan fingerprint density at radius 3 is 3.28 bits per heavy atom. The van der Waals surface area contributed by atoms with Gasteiger partial charge in [0.05, 0.1) is 23.8 Å². The lowest BCUT2D eigenvalue weighted by molar-refractivity contribution is 0.742. The molecule has 2 aromatic rings. The minimum atomic E-state index is 0.930. The van der Waals surface area contributed by atoms with Crippen LogP contribution in [0.2, 0.25) is 0 Å². The molecule has 4 heteroatoms. The van der Waals surface area contributed by atoms with Crippen LogP contribution >= 0.6 is 11.3 Å². The first-order valence-electron chi connectivity index (χ1n) is 6.36. The largest absolute Gasteiger partial charge is 0.384 e. The third-order valence-corrected chi connectivity index (χ3v) is 4.30. The first-order chi connectivity index (χ1) is 8.86. The summed E-state index contributed by atoms with van der Waals surface area (Å²) in [5.41, 5.74) is 3.79. The summed E-state index contributed by atoms with van der Waals surface area (Å²) in [4.78, 5) is 8.27. The van der Waals surface area contributed by atoms with Crippen LogP contribution in [0.15, 0.2) is 29.9 Å². The molecule has 0 aliphatic carbocycles. The zero-order chi connectivity index (χ0) is 12.4. The van der Waals surface area contributed by atoms with Gasteiger partial charge in [-0.05, 0) is 36.4 Å². The monoisotopic (exact) mass is 259 g/mol. The summed E-state index contributed by atoms with van der Waals surface area (Å²) in [6.07, 6.45) is 4.99. The lowest BCUT2D eigenvalue weighted by Crippen LogP contribution is -2.29. The molecule has 0 saturated carbocycles. The number of aromatic nitrogens is 1. The third kappa shape index (κ3) is 2.20. The van der Waals surface area contributed by atoms with Gasteiger partial charge >= 0.3 is 0 Å². The summed E-state index contributed by atoms with van der Waals surface area (Å²) in [5.74, 6) is 0. The first kappa shape index (κ1) is 11.5. The molecule has 2 aromatic heterocycles. The number of fused-ring (bicyclic) bond motifs is 1. The quantitative estimate of drug-likeness (QED) is 0.918. The summed E-state index contributed by atoms with van der Waals surface area (Å²) >= 11 is 1.88. The number of rotatable bonds is 3. The van der Waals surface area contributed by atoms with Gasteiger partial charge in [-0.3, -0.25) is 4.98 Å². The summed E-state index contributed by atoms with van der Waals surface area (Å²) in [7, 11) is 0. The van der Waals surface area contributed by atoms with Crippen molar-refractivity contribution >= 4 is 22.7 Å². The van der Waals surface area contributed by atoms with E-state index in [9.17, 15) is 0 Å². The van der Waals surface area contributed by atoms with Crippen molar-refractivity contribution in [3.8, 4) is 0 Å². The van der Waals surface area contributed by atoms with Crippen LogP contribution in [0.1, 0.15) is 17.4 Å². The number of thiophene rings is 1. The summed E-state index contributed by atoms with van der Waals surface area (Å²) in [6, 6.07) is 4.43. The van der Waals surface area contributed by atoms with Gasteiger partial charge in [0.25, 0.3) is 0 Å². The molecule has 0 radical (unpaired) electrons. The third-order valence-electron chi connectivity index (χ3n) is 3.28. The fourth-order valence-corrected chi connectivity index (χ4v) is 3.26. The number of nitrogens with zero attached hydrogens (tertiary/aromatic N) is 2. The minimum absolute atomic E-state index is 0.930. The van der Waals surface area contributed by atoms with Crippen LogP contribution in [0.5, 0.6) is 0 Å². The zero-order valence-corrected chi connectivity index (χ0v) is 11.3. The molecule has 0 aromatic carbocycles. The molecule has 1 aliphatic heterocycles. The predicted octanol–water partition coefficient (Wildman–Crippen LogP) is 3.14. The number of nitrogens with one attached hydrogen (secondary N) is 1. The molecular formula is C14H17N3S. The van der Waals surface area contributed by atoms with Crippen LogP contribution in [0.3, 0.4) is 0 Å². The zero-order valence-electron chi connectivity index (χ0n) is 10.5. The minimum Gasteiger partial charge on any atom is -0.384 e. The first-order valence-corrected chi connectivity index (χ1v) is 7.24. The van der Waals surface area contributed by atoms with E-state index in [1.165, 1.54) is 11.3 Å². The number of anilines is 2. The second kappa shape index (κ2) is 4.98. The summed E-state index contributed by atoms with van der Waals surface area (Å²) < 4.78 is 0. The molecule has 94 valence electrons. The highest BCUT2D eigenvalue weighted by molar-refractivity contribution is 7.10. The molecule has 3 heterocycles. The topological polar surface area (TPSA) is 28.2 Å². The smallest absolute Gasteiger partial charge is 0.0576 e. The lowest BCUT2D eigenvalue weighted by Gasteiger charge is -2.29. The van der Waals surface area contributed by atoms with Gasteiger partial charge in [-0.2, -0.15) is 0 Å². The van der Waals surface area contributed by atoms with E-state index in [0.29, 0.717) is 0 Å². The van der Waals surface area contributed by atoms with E-state index in [2.05, 4.69) is 39.6 Å². The van der Waals surface area contributed by atoms with E-state index in [0.717, 1.165) is 31.7 Å². The molecule has 0 unspecified atom stereocenters. The van der Waals surface area contributed by atoms with E-state index in [4.69, 9.17) is 0 Å². The van der Waals surface area contributed by atoms with E-state index in [1.807, 2.05) is 23.7 Å². The maximum absolute atomic E-state index is 4.32. The molecule has 1 aliphatic rings. The van der Waals surface area contributed by atoms with Crippen molar-refractivity contribution in [3.63, 3.8) is 0 Å². The normalized spacial score (nSPS) is 14.4. The van der Waals surface area contributed by atoms with E-state index in [-0.39, 0.29) is 0 Å². The Kier molecular flexibility index (Phi) is 3.19. The maximum atomic E-state index is 4.32. The summed E-state index contributed by atoms with van der Waals surface area (Å²) in [5, 5.41) is 5.51. The highest BCUT2D eigenvalue weighted by Crippen LogP contribution is 2.28. The molecule has 0 atom stereocenters. The molecule has 0 amide bonds. The van der Waals surface area contributed by atoms with Gasteiger partial charge < -0.3 is 10.2 Å². The van der Waals surface area contributed by atoms with Crippen LogP contribution < -0.4 is 10.2 Å². The number of pyridine rings is 1. The van der Waals surface area contributed by atoms with Gasteiger partial charge in [0, 0.05) is 24.5 Å². The van der Waals surface area contributed by atoms with Crippen molar-refractivity contribution in [2.75, 3.05) is 23.3 Å². The van der Waals surface area contributed by atoms with Crippen LogP contribution in [0.25, 0.3) is 0 Å². The van der Waals surface area contributed by atoms with E-state index < -0.39 is 0 Å². The molecule has 0 fully saturated rings. The van der Waals surface area contributed by atoms with Gasteiger partial charge in [-0.15, -0.1) is 11.3 Å². The van der Waals surface area contributed by atoms with Crippen molar-refractivity contribution in [2.45, 2.75) is 19.9 Å². The van der Waals surface area contributed by atoms with E-state index in [1.54, 1.807) is 4.88 Å². The van der Waals surface area contributed by atoms with Crippen molar-refractivity contribution in [1.29, 1.82) is 0 Å². The molecule has 0 spiro atoms. The van der Waals surface area contributed by atoms with Gasteiger partial charge in [0.2, 0.25) is 0 Å². The Morgan fingerprint density at radius 2 is 2.39 bits per heavy atom. The SMILES string of the molecule is CCNc1cncc(N2CCc3sccc3C2)c1. The average molecular weight is 259 g/mol. The van der Waals surface area contributed by atoms with Crippen LogP contribution in [-0.4, -0.2) is 18.1 Å². The fourth-order valence-electron chi connectivity index (χ4n) is 2.37. The van der Waals surface area contributed by atoms with Gasteiger partial charge in [0.15, 0.2) is 0 Å². The van der Waals surface area contributed by atoms with Crippen LogP contribution in [0.4, 0.5) is 11.4 Å². The highest BCUT2D eigenvalue weighted by Gasteiger charge is 2.17. The number of hydrogen-bond acceptors (Lipinski definition) is 4. The second-order valence-corrected chi connectivity index (χ2v) is 5.50. The van der Waals surface area contributed by atoms with Crippen LogP contribution in [0, 0.1) is 0 Å². The Morgan fingerprint density at radius 1 is 1.44 bits per heavy atom. The lowest BCUT2D eigenvalue weighted by atomic mass is 10.1. The van der Waals surface area contributed by atoms with Gasteiger partial charge in [-0.25, -0.2) is 0 Å². The molecule has 18 heavy (non-hydrogen) atoms. The van der Waals surface area contributed by atoms with Crippen molar-refractivity contribution in [1.82, 2.24) is 4.98 Å². The summed E-state index contributed by atoms with van der Waals surface area (Å²) in [6.45, 7) is 5.13. The standard InChI is InChI=1S/C14H17N3S/c1-2-16-12-7-13(9-15-8-12)17-5-3-14-11(10-17)4-6-18-14/h4,6-9,16H,2-3,5,10H2,1H3. The second-order valence-electron chi connectivity index (χ2n) is 4.50. The maximum Gasteiger partial charge on any atom is 0.0576 e. The number of hydrogen-bond donors (Lipinski definition) is 1. The average Bonchev–Trinajstić information content (AvgIpc) is 2.86. The molecule has 3 nitrogen and oxygen atoms in total. The molecule has 1 N–H and O–H groups in total. The van der Waals surface area contributed by atoms with Crippen molar-refractivity contribution in [2.24, 2.45) is 0 Å². The Bertz CT molecular complexity index is 535. The fraction of sp³-hybridized carbons (Fsp3) is 0.357. The predicted molar refractivity (Wildman–Crippen MR) is 77.5 cm³/mol. The molecule has 3 rings (SSSR count). The Hall–Kier alpha value is -1.55. The highest BCUT2D eigenvalue weighted by atomic mass is 32.1. The molecule has 0 bridgehead atoms. The van der Waals surface area contributed by atoms with Crippen LogP contribution in [-0.2, 0) is 13.0 Å². The van der Waals surface area contributed by atoms with Gasteiger partial charge in [-0.1, -0.05) is 0 Å². The van der Waals surface area contributed by atoms with Crippen molar-refractivity contribution < 1.29 is 0 Å². The van der Waals surface area contributed by atoms with Crippen molar-refractivity contribution in [3.05, 3.63) is 40.3 Å². The Labute approximate surface area is 111 Å². The Balaban J connectivity index is 1.81. The van der Waals surface area contributed by atoms with Gasteiger partial charge in [0.1, 0.15) is 0 Å². The molecular weight excluding hydrogens is 242 g/mol. The van der Waals surface area contributed by atoms with E-state index >= 15 is 0 Å². The molecule has 0 saturated heterocycles.